The Kier molecular flexibility index (Phi) is 9.17. The van der Waals surface area contributed by atoms with Crippen molar-refractivity contribution in [3.05, 3.63) is 46.3 Å². The van der Waals surface area contributed by atoms with Crippen LogP contribution in [0, 0.1) is 0 Å². The topological polar surface area (TPSA) is 52.6 Å². The van der Waals surface area contributed by atoms with Gasteiger partial charge in [0.25, 0.3) is 0 Å². The Morgan fingerprint density at radius 2 is 2.12 bits per heavy atom. The lowest BCUT2D eigenvalue weighted by Gasteiger charge is -2.16. The highest BCUT2D eigenvalue weighted by Crippen LogP contribution is 2.18. The summed E-state index contributed by atoms with van der Waals surface area (Å²) in [6.07, 6.45) is 5.46. The van der Waals surface area contributed by atoms with Crippen molar-refractivity contribution in [2.24, 2.45) is 4.99 Å². The van der Waals surface area contributed by atoms with Gasteiger partial charge in [-0.1, -0.05) is 6.07 Å². The Bertz CT molecular complexity index is 668. The zero-order valence-corrected chi connectivity index (χ0v) is 18.4. The maximum atomic E-state index is 4.72. The molecule has 1 saturated heterocycles. The van der Waals surface area contributed by atoms with Gasteiger partial charge < -0.3 is 15.5 Å². The van der Waals surface area contributed by atoms with Crippen LogP contribution in [0.4, 0.5) is 5.82 Å². The van der Waals surface area contributed by atoms with Crippen LogP contribution in [-0.2, 0) is 13.0 Å². The van der Waals surface area contributed by atoms with Crippen molar-refractivity contribution in [1.82, 2.24) is 15.6 Å². The quantitative estimate of drug-likeness (QED) is 0.357. The lowest BCUT2D eigenvalue weighted by Crippen LogP contribution is -2.38. The van der Waals surface area contributed by atoms with Crippen LogP contribution in [0.3, 0.4) is 0 Å². The summed E-state index contributed by atoms with van der Waals surface area (Å²) in [7, 11) is 0. The molecule has 2 aromatic rings. The second-order valence-electron chi connectivity index (χ2n) is 6.17. The third-order valence-corrected chi connectivity index (χ3v) is 5.18. The Labute approximate surface area is 177 Å². The van der Waals surface area contributed by atoms with Crippen molar-refractivity contribution >= 4 is 47.1 Å². The summed E-state index contributed by atoms with van der Waals surface area (Å²) < 4.78 is 0. The first-order valence-electron chi connectivity index (χ1n) is 9.09. The lowest BCUT2D eigenvalue weighted by molar-refractivity contribution is 0.804. The molecule has 0 aromatic carbocycles. The van der Waals surface area contributed by atoms with E-state index in [1.807, 2.05) is 6.20 Å². The molecule has 2 aromatic heterocycles. The molecule has 142 valence electrons. The number of hydrogen-bond acceptors (Lipinski definition) is 4. The molecule has 3 heterocycles. The summed E-state index contributed by atoms with van der Waals surface area (Å²) >= 11 is 1.80. The van der Waals surface area contributed by atoms with E-state index in [1.54, 1.807) is 11.3 Å². The predicted octanol–water partition coefficient (Wildman–Crippen LogP) is 3.66. The van der Waals surface area contributed by atoms with Gasteiger partial charge in [0, 0.05) is 37.3 Å². The minimum absolute atomic E-state index is 0. The van der Waals surface area contributed by atoms with Crippen LogP contribution in [0.5, 0.6) is 0 Å². The average Bonchev–Trinajstić information content (AvgIpc) is 3.34. The van der Waals surface area contributed by atoms with E-state index in [1.165, 1.54) is 23.3 Å². The van der Waals surface area contributed by atoms with Crippen molar-refractivity contribution in [2.45, 2.75) is 32.7 Å². The molecule has 0 radical (unpaired) electrons. The summed E-state index contributed by atoms with van der Waals surface area (Å²) in [6, 6.07) is 8.50. The normalized spacial score (nSPS) is 14.2. The fraction of sp³-hybridized carbons (Fsp3) is 0.474. The van der Waals surface area contributed by atoms with E-state index in [0.717, 1.165) is 44.4 Å². The van der Waals surface area contributed by atoms with Crippen LogP contribution in [0.2, 0.25) is 0 Å². The molecule has 7 heteroatoms. The van der Waals surface area contributed by atoms with Crippen LogP contribution in [0.25, 0.3) is 0 Å². The van der Waals surface area contributed by atoms with Gasteiger partial charge in [-0.2, -0.15) is 0 Å². The molecule has 0 atom stereocenters. The Morgan fingerprint density at radius 3 is 2.85 bits per heavy atom. The zero-order chi connectivity index (χ0) is 17.3. The fourth-order valence-corrected chi connectivity index (χ4v) is 3.66. The second kappa shape index (κ2) is 11.4. The second-order valence-corrected chi connectivity index (χ2v) is 7.20. The van der Waals surface area contributed by atoms with Crippen molar-refractivity contribution in [1.29, 1.82) is 0 Å². The first kappa shape index (κ1) is 21.0. The predicted molar refractivity (Wildman–Crippen MR) is 122 cm³/mol. The molecule has 0 spiro atoms. The smallest absolute Gasteiger partial charge is 0.191 e. The van der Waals surface area contributed by atoms with E-state index < -0.39 is 0 Å². The molecular weight excluding hydrogens is 457 g/mol. The number of aliphatic imine (C=N–C) groups is 1. The minimum Gasteiger partial charge on any atom is -0.357 e. The SMILES string of the molecule is CCNC(=NCc1ccnc(N2CCCC2)c1)NCCc1cccs1.I. The maximum Gasteiger partial charge on any atom is 0.191 e. The molecule has 3 rings (SSSR count). The molecule has 2 N–H and O–H groups in total. The van der Waals surface area contributed by atoms with Crippen molar-refractivity contribution in [3.8, 4) is 0 Å². The number of anilines is 1. The third-order valence-electron chi connectivity index (χ3n) is 4.25. The molecule has 0 unspecified atom stereocenters. The van der Waals surface area contributed by atoms with Crippen LogP contribution in [0.15, 0.2) is 40.8 Å². The molecule has 1 fully saturated rings. The van der Waals surface area contributed by atoms with Crippen LogP contribution in [-0.4, -0.2) is 37.1 Å². The average molecular weight is 485 g/mol. The fourth-order valence-electron chi connectivity index (χ4n) is 2.95. The van der Waals surface area contributed by atoms with Gasteiger partial charge in [-0.05, 0) is 55.3 Å². The van der Waals surface area contributed by atoms with Gasteiger partial charge in [-0.3, -0.25) is 0 Å². The number of guanidine groups is 1. The van der Waals surface area contributed by atoms with Crippen molar-refractivity contribution in [3.63, 3.8) is 0 Å². The molecule has 26 heavy (non-hydrogen) atoms. The number of hydrogen-bond donors (Lipinski definition) is 2. The van der Waals surface area contributed by atoms with Crippen molar-refractivity contribution < 1.29 is 0 Å². The Balaban J connectivity index is 0.00000243. The monoisotopic (exact) mass is 485 g/mol. The Hall–Kier alpha value is -1.35. The van der Waals surface area contributed by atoms with Crippen LogP contribution in [0.1, 0.15) is 30.2 Å². The zero-order valence-electron chi connectivity index (χ0n) is 15.3. The molecule has 0 aliphatic carbocycles. The molecule has 0 bridgehead atoms. The molecule has 0 amide bonds. The van der Waals surface area contributed by atoms with E-state index in [4.69, 9.17) is 4.99 Å². The first-order chi connectivity index (χ1) is 12.3. The van der Waals surface area contributed by atoms with Gasteiger partial charge in [-0.15, -0.1) is 35.3 Å². The minimum atomic E-state index is 0. The van der Waals surface area contributed by atoms with Crippen LogP contribution >= 0.6 is 35.3 Å². The largest absolute Gasteiger partial charge is 0.357 e. The van der Waals surface area contributed by atoms with E-state index >= 15 is 0 Å². The highest BCUT2D eigenvalue weighted by atomic mass is 127. The summed E-state index contributed by atoms with van der Waals surface area (Å²) in [6.45, 7) is 6.74. The van der Waals surface area contributed by atoms with Gasteiger partial charge >= 0.3 is 0 Å². The van der Waals surface area contributed by atoms with Gasteiger partial charge in [0.1, 0.15) is 5.82 Å². The number of pyridine rings is 1. The van der Waals surface area contributed by atoms with E-state index in [2.05, 4.69) is 57.1 Å². The van der Waals surface area contributed by atoms with E-state index in [9.17, 15) is 0 Å². The summed E-state index contributed by atoms with van der Waals surface area (Å²) in [4.78, 5) is 13.0. The van der Waals surface area contributed by atoms with Crippen molar-refractivity contribution in [2.75, 3.05) is 31.1 Å². The third kappa shape index (κ3) is 6.42. The summed E-state index contributed by atoms with van der Waals surface area (Å²) in [5.41, 5.74) is 1.20. The number of halogens is 1. The number of aromatic nitrogens is 1. The molecule has 1 aliphatic rings. The molecule has 5 nitrogen and oxygen atoms in total. The standard InChI is InChI=1S/C19H27N5S.HI/c1-2-20-19(22-10-8-17-6-5-13-25-17)23-15-16-7-9-21-18(14-16)24-11-3-4-12-24;/h5-7,9,13-14H,2-4,8,10-12,15H2,1H3,(H2,20,22,23);1H. The van der Waals surface area contributed by atoms with Gasteiger partial charge in [0.05, 0.1) is 6.54 Å². The molecule has 0 saturated carbocycles. The van der Waals surface area contributed by atoms with Gasteiger partial charge in [0.15, 0.2) is 5.96 Å². The lowest BCUT2D eigenvalue weighted by atomic mass is 10.2. The van der Waals surface area contributed by atoms with E-state index in [0.29, 0.717) is 6.54 Å². The Morgan fingerprint density at radius 1 is 1.27 bits per heavy atom. The van der Waals surface area contributed by atoms with Crippen LogP contribution < -0.4 is 15.5 Å². The number of thiophene rings is 1. The summed E-state index contributed by atoms with van der Waals surface area (Å²) in [5.74, 6) is 1.96. The first-order valence-corrected chi connectivity index (χ1v) is 9.97. The highest BCUT2D eigenvalue weighted by molar-refractivity contribution is 14.0. The number of nitrogens with zero attached hydrogens (tertiary/aromatic N) is 3. The molecule has 1 aliphatic heterocycles. The van der Waals surface area contributed by atoms with Gasteiger partial charge in [0.2, 0.25) is 0 Å². The number of nitrogens with one attached hydrogen (secondary N) is 2. The highest BCUT2D eigenvalue weighted by Gasteiger charge is 2.13. The maximum absolute atomic E-state index is 4.72. The number of rotatable bonds is 7. The molecular formula is C19H28IN5S. The summed E-state index contributed by atoms with van der Waals surface area (Å²) in [5, 5.41) is 8.86. The van der Waals surface area contributed by atoms with Gasteiger partial charge in [-0.25, -0.2) is 9.98 Å². The van der Waals surface area contributed by atoms with E-state index in [-0.39, 0.29) is 24.0 Å².